The van der Waals surface area contributed by atoms with Gasteiger partial charge >= 0.3 is 0 Å². The van der Waals surface area contributed by atoms with Crippen molar-refractivity contribution in [3.8, 4) is 33.6 Å². The topological polar surface area (TPSA) is 22.8 Å². The summed E-state index contributed by atoms with van der Waals surface area (Å²) in [7, 11) is 0. The highest BCUT2D eigenvalue weighted by atomic mass is 32.1. The third-order valence-electron chi connectivity index (χ3n) is 13.0. The number of rotatable bonds is 4. The monoisotopic (exact) mass is 823 g/mol. The van der Waals surface area contributed by atoms with Crippen LogP contribution in [0.5, 0.6) is 0 Å². The van der Waals surface area contributed by atoms with E-state index in [0.717, 1.165) is 22.3 Å². The van der Waals surface area contributed by atoms with E-state index in [1.807, 2.05) is 28.9 Å². The van der Waals surface area contributed by atoms with E-state index < -0.39 is 0 Å². The fourth-order valence-electron chi connectivity index (χ4n) is 10.1. The van der Waals surface area contributed by atoms with Crippen molar-refractivity contribution >= 4 is 118 Å². The number of hydrogen-bond acceptors (Lipinski definition) is 3. The molecule has 9 aromatic carbocycles. The molecule has 0 fully saturated rings. The first-order valence-electron chi connectivity index (χ1n) is 21.0. The highest BCUT2D eigenvalue weighted by molar-refractivity contribution is 7.26. The van der Waals surface area contributed by atoms with Crippen LogP contribution in [0.15, 0.2) is 200 Å². The molecule has 288 valence electrons. The van der Waals surface area contributed by atoms with Crippen LogP contribution in [0, 0.1) is 0 Å². The number of benzene rings is 9. The molecular formula is C57H33N3S2. The van der Waals surface area contributed by atoms with Crippen LogP contribution in [0.2, 0.25) is 0 Å². The Hall–Kier alpha value is -7.57. The summed E-state index contributed by atoms with van der Waals surface area (Å²) in [5.41, 5.74) is 12.8. The van der Waals surface area contributed by atoms with Gasteiger partial charge in [0.15, 0.2) is 0 Å². The SMILES string of the molecule is c1ccc2c(c1)sc1ccc(-c3ccc4c(c3)c3ccccc3n4-c3ccc4c(-n5c6ccccc6c6cc(-c7ccc8sc9ccccc9c8c7)ccc65)ccnc4c3)cc12. The number of nitrogens with zero attached hydrogens (tertiary/aromatic N) is 3. The lowest BCUT2D eigenvalue weighted by Gasteiger charge is -2.14. The van der Waals surface area contributed by atoms with Gasteiger partial charge in [-0.3, -0.25) is 4.98 Å². The average molecular weight is 824 g/mol. The number of thiophene rings is 2. The van der Waals surface area contributed by atoms with E-state index in [-0.39, 0.29) is 0 Å². The molecule has 0 aliphatic rings. The Kier molecular flexibility index (Phi) is 7.15. The molecule has 0 radical (unpaired) electrons. The van der Waals surface area contributed by atoms with Crippen molar-refractivity contribution in [2.75, 3.05) is 0 Å². The Morgan fingerprint density at radius 3 is 1.35 bits per heavy atom. The molecule has 14 rings (SSSR count). The average Bonchev–Trinajstić information content (AvgIpc) is 4.08. The van der Waals surface area contributed by atoms with Crippen molar-refractivity contribution in [2.24, 2.45) is 0 Å². The summed E-state index contributed by atoms with van der Waals surface area (Å²) in [6.45, 7) is 0. The van der Waals surface area contributed by atoms with Crippen LogP contribution in [0.3, 0.4) is 0 Å². The van der Waals surface area contributed by atoms with Crippen molar-refractivity contribution < 1.29 is 0 Å². The molecule has 0 bridgehead atoms. The molecule has 0 atom stereocenters. The first-order valence-corrected chi connectivity index (χ1v) is 22.6. The summed E-state index contributed by atoms with van der Waals surface area (Å²) in [6, 6.07) is 71.7. The molecule has 0 aliphatic heterocycles. The normalized spacial score (nSPS) is 12.2. The van der Waals surface area contributed by atoms with E-state index in [2.05, 4.69) is 203 Å². The maximum atomic E-state index is 5.01. The molecule has 5 heteroatoms. The highest BCUT2D eigenvalue weighted by Crippen LogP contribution is 2.42. The maximum absolute atomic E-state index is 5.01. The minimum Gasteiger partial charge on any atom is -0.309 e. The fraction of sp³-hybridized carbons (Fsp3) is 0. The molecule has 14 aromatic rings. The lowest BCUT2D eigenvalue weighted by atomic mass is 10.0. The van der Waals surface area contributed by atoms with Gasteiger partial charge in [0.05, 0.1) is 33.3 Å². The second-order valence-electron chi connectivity index (χ2n) is 16.3. The van der Waals surface area contributed by atoms with Gasteiger partial charge in [-0.05, 0) is 119 Å². The van der Waals surface area contributed by atoms with Crippen molar-refractivity contribution in [2.45, 2.75) is 0 Å². The molecule has 5 heterocycles. The second-order valence-corrected chi connectivity index (χ2v) is 18.5. The van der Waals surface area contributed by atoms with Crippen molar-refractivity contribution in [3.63, 3.8) is 0 Å². The fourth-order valence-corrected chi connectivity index (χ4v) is 12.3. The molecule has 0 saturated carbocycles. The zero-order chi connectivity index (χ0) is 40.5. The summed E-state index contributed by atoms with van der Waals surface area (Å²) in [4.78, 5) is 5.01. The second kappa shape index (κ2) is 13.0. The zero-order valence-corrected chi connectivity index (χ0v) is 34.8. The van der Waals surface area contributed by atoms with Crippen LogP contribution in [0.4, 0.5) is 0 Å². The van der Waals surface area contributed by atoms with Gasteiger partial charge < -0.3 is 9.13 Å². The molecule has 5 aromatic heterocycles. The molecule has 0 amide bonds. The van der Waals surface area contributed by atoms with Crippen molar-refractivity contribution in [1.82, 2.24) is 14.1 Å². The lowest BCUT2D eigenvalue weighted by molar-refractivity contribution is 1.17. The van der Waals surface area contributed by atoms with Crippen LogP contribution < -0.4 is 0 Å². The third-order valence-corrected chi connectivity index (χ3v) is 15.3. The Balaban J connectivity index is 0.897. The third kappa shape index (κ3) is 4.95. The Labute approximate surface area is 363 Å². The summed E-state index contributed by atoms with van der Waals surface area (Å²) in [5.74, 6) is 0. The van der Waals surface area contributed by atoms with Gasteiger partial charge in [0.1, 0.15) is 0 Å². The quantitative estimate of drug-likeness (QED) is 0.173. The molecule has 0 spiro atoms. The van der Waals surface area contributed by atoms with Gasteiger partial charge in [-0.15, -0.1) is 22.7 Å². The summed E-state index contributed by atoms with van der Waals surface area (Å²) in [5, 5.41) is 11.3. The smallest absolute Gasteiger partial charge is 0.0743 e. The number of aromatic nitrogens is 3. The van der Waals surface area contributed by atoms with Crippen LogP contribution in [0.25, 0.3) is 128 Å². The van der Waals surface area contributed by atoms with Crippen LogP contribution in [-0.2, 0) is 0 Å². The minimum atomic E-state index is 0.956. The summed E-state index contributed by atoms with van der Waals surface area (Å²) >= 11 is 3.73. The summed E-state index contributed by atoms with van der Waals surface area (Å²) in [6.07, 6.45) is 1.96. The van der Waals surface area contributed by atoms with Gasteiger partial charge in [0.25, 0.3) is 0 Å². The van der Waals surface area contributed by atoms with Gasteiger partial charge in [0.2, 0.25) is 0 Å². The number of hydrogen-bond donors (Lipinski definition) is 0. The Morgan fingerprint density at radius 2 is 0.758 bits per heavy atom. The predicted molar refractivity (Wildman–Crippen MR) is 267 cm³/mol. The van der Waals surface area contributed by atoms with Crippen LogP contribution in [-0.4, -0.2) is 14.1 Å². The molecule has 62 heavy (non-hydrogen) atoms. The van der Waals surface area contributed by atoms with Gasteiger partial charge in [0, 0.05) is 79.2 Å². The molecule has 0 saturated heterocycles. The first-order chi connectivity index (χ1) is 30.7. The minimum absolute atomic E-state index is 0.956. The Bertz CT molecular complexity index is 4180. The van der Waals surface area contributed by atoms with E-state index >= 15 is 0 Å². The van der Waals surface area contributed by atoms with E-state index in [1.54, 1.807) is 0 Å². The standard InChI is InChI=1S/C57H33N3S2/c1-5-13-49-39(9-1)44-29-34(36-19-25-56-46(31-36)41-11-3-7-15-54(41)61-56)17-23-51(44)59(49)38-21-22-43-48(33-38)58-28-27-53(43)60-50-14-6-2-10-40(50)45-30-35(18-24-52(45)60)37-20-26-57-47(32-37)42-12-4-8-16-55(42)62-57/h1-33H. The van der Waals surface area contributed by atoms with Crippen molar-refractivity contribution in [1.29, 1.82) is 0 Å². The largest absolute Gasteiger partial charge is 0.309 e. The van der Waals surface area contributed by atoms with E-state index in [0.29, 0.717) is 0 Å². The van der Waals surface area contributed by atoms with Crippen molar-refractivity contribution in [3.05, 3.63) is 200 Å². The molecule has 0 N–H and O–H groups in total. The zero-order valence-electron chi connectivity index (χ0n) is 33.2. The van der Waals surface area contributed by atoms with E-state index in [4.69, 9.17) is 4.98 Å². The van der Waals surface area contributed by atoms with E-state index in [9.17, 15) is 0 Å². The van der Waals surface area contributed by atoms with Crippen LogP contribution >= 0.6 is 22.7 Å². The van der Waals surface area contributed by atoms with Gasteiger partial charge in [-0.1, -0.05) is 97.1 Å². The highest BCUT2D eigenvalue weighted by Gasteiger charge is 2.19. The van der Waals surface area contributed by atoms with Gasteiger partial charge in [-0.25, -0.2) is 0 Å². The lowest BCUT2D eigenvalue weighted by Crippen LogP contribution is -1.98. The molecule has 0 aliphatic carbocycles. The van der Waals surface area contributed by atoms with Gasteiger partial charge in [-0.2, -0.15) is 0 Å². The van der Waals surface area contributed by atoms with Crippen LogP contribution in [0.1, 0.15) is 0 Å². The number of para-hydroxylation sites is 2. The van der Waals surface area contributed by atoms with E-state index in [1.165, 1.54) is 106 Å². The molecule has 0 unspecified atom stereocenters. The predicted octanol–water partition coefficient (Wildman–Crippen LogP) is 16.5. The molecule has 3 nitrogen and oxygen atoms in total. The number of pyridine rings is 1. The Morgan fingerprint density at radius 1 is 0.306 bits per heavy atom. The number of fused-ring (bicyclic) bond motifs is 13. The maximum Gasteiger partial charge on any atom is 0.0743 e. The first kappa shape index (κ1) is 34.2. The summed E-state index contributed by atoms with van der Waals surface area (Å²) < 4.78 is 10.1. The molecular weight excluding hydrogens is 791 g/mol.